The lowest BCUT2D eigenvalue weighted by molar-refractivity contribution is -0.146. The van der Waals surface area contributed by atoms with Crippen LogP contribution in [0.2, 0.25) is 0 Å². The number of rotatable bonds is 8. The number of amides is 1. The van der Waals surface area contributed by atoms with Gasteiger partial charge in [-0.1, -0.05) is 0 Å². The summed E-state index contributed by atoms with van der Waals surface area (Å²) < 4.78 is 9.72. The molecule has 0 spiro atoms. The van der Waals surface area contributed by atoms with Crippen LogP contribution in [0.25, 0.3) is 0 Å². The van der Waals surface area contributed by atoms with Crippen LogP contribution in [0, 0.1) is 0 Å². The normalized spacial score (nSPS) is 10.0. The van der Waals surface area contributed by atoms with E-state index in [0.29, 0.717) is 19.8 Å². The van der Waals surface area contributed by atoms with Crippen LogP contribution in [-0.4, -0.2) is 61.9 Å². The second kappa shape index (κ2) is 8.19. The molecule has 0 aliphatic heterocycles. The topological polar surface area (TPSA) is 76.1 Å². The van der Waals surface area contributed by atoms with Gasteiger partial charge in [-0.2, -0.15) is 0 Å². The van der Waals surface area contributed by atoms with Crippen LogP contribution in [0.3, 0.4) is 0 Å². The van der Waals surface area contributed by atoms with Crippen molar-refractivity contribution in [1.82, 2.24) is 4.90 Å². The maximum Gasteiger partial charge on any atom is 0.323 e. The predicted molar refractivity (Wildman–Crippen MR) is 52.6 cm³/mol. The summed E-state index contributed by atoms with van der Waals surface area (Å²) in [5, 5.41) is 8.52. The molecule has 0 unspecified atom stereocenters. The van der Waals surface area contributed by atoms with Crippen molar-refractivity contribution in [3.8, 4) is 0 Å². The second-order valence-corrected chi connectivity index (χ2v) is 2.85. The highest BCUT2D eigenvalue weighted by Gasteiger charge is 2.14. The zero-order chi connectivity index (χ0) is 11.7. The molecule has 0 heterocycles. The van der Waals surface area contributed by atoms with Crippen molar-refractivity contribution in [3.63, 3.8) is 0 Å². The first kappa shape index (κ1) is 13.9. The minimum absolute atomic E-state index is 0.107. The first-order valence-electron chi connectivity index (χ1n) is 4.68. The van der Waals surface area contributed by atoms with Crippen LogP contribution in [0.5, 0.6) is 0 Å². The van der Waals surface area contributed by atoms with E-state index >= 15 is 0 Å². The largest absolute Gasteiger partial charge is 0.480 e. The lowest BCUT2D eigenvalue weighted by atomic mass is 10.4. The average molecular weight is 219 g/mol. The minimum Gasteiger partial charge on any atom is -0.480 e. The monoisotopic (exact) mass is 219 g/mol. The molecule has 0 aliphatic carbocycles. The maximum absolute atomic E-state index is 11.4. The van der Waals surface area contributed by atoms with Gasteiger partial charge in [0.1, 0.15) is 13.2 Å². The zero-order valence-corrected chi connectivity index (χ0v) is 9.06. The summed E-state index contributed by atoms with van der Waals surface area (Å²) >= 11 is 0. The SMILES string of the molecule is CCN(CC(=O)O)C(=O)COCCOC. The molecule has 15 heavy (non-hydrogen) atoms. The summed E-state index contributed by atoms with van der Waals surface area (Å²) in [6.07, 6.45) is 0. The van der Waals surface area contributed by atoms with Crippen LogP contribution in [0.15, 0.2) is 0 Å². The molecule has 88 valence electrons. The Labute approximate surface area is 88.8 Å². The molecule has 0 aromatic carbocycles. The van der Waals surface area contributed by atoms with Gasteiger partial charge in [-0.25, -0.2) is 0 Å². The summed E-state index contributed by atoms with van der Waals surface area (Å²) in [5.74, 6) is -1.35. The number of carbonyl (C=O) groups excluding carboxylic acids is 1. The summed E-state index contributed by atoms with van der Waals surface area (Å²) in [7, 11) is 1.54. The van der Waals surface area contributed by atoms with Crippen LogP contribution in [0.1, 0.15) is 6.92 Å². The lowest BCUT2D eigenvalue weighted by Crippen LogP contribution is -2.38. The number of ether oxygens (including phenoxy) is 2. The Hall–Kier alpha value is -1.14. The third kappa shape index (κ3) is 6.87. The van der Waals surface area contributed by atoms with Crippen LogP contribution in [-0.2, 0) is 19.1 Å². The number of likely N-dealkylation sites (N-methyl/N-ethyl adjacent to an activating group) is 1. The van der Waals surface area contributed by atoms with E-state index in [1.807, 2.05) is 0 Å². The average Bonchev–Trinajstić information content (AvgIpc) is 2.20. The third-order valence-corrected chi connectivity index (χ3v) is 1.72. The summed E-state index contributed by atoms with van der Waals surface area (Å²) in [5.41, 5.74) is 0. The first-order chi connectivity index (χ1) is 7.11. The van der Waals surface area contributed by atoms with Gasteiger partial charge in [0.25, 0.3) is 0 Å². The van der Waals surface area contributed by atoms with Crippen LogP contribution in [0.4, 0.5) is 0 Å². The number of hydrogen-bond donors (Lipinski definition) is 1. The van der Waals surface area contributed by atoms with Crippen molar-refractivity contribution in [2.24, 2.45) is 0 Å². The standard InChI is InChI=1S/C9H17NO5/c1-3-10(6-9(12)13)8(11)7-15-5-4-14-2/h3-7H2,1-2H3,(H,12,13). The van der Waals surface area contributed by atoms with Crippen molar-refractivity contribution < 1.29 is 24.2 Å². The Morgan fingerprint density at radius 3 is 2.47 bits per heavy atom. The van der Waals surface area contributed by atoms with Crippen LogP contribution < -0.4 is 0 Å². The van der Waals surface area contributed by atoms with Gasteiger partial charge < -0.3 is 19.5 Å². The van der Waals surface area contributed by atoms with Crippen molar-refractivity contribution in [3.05, 3.63) is 0 Å². The van der Waals surface area contributed by atoms with E-state index in [2.05, 4.69) is 0 Å². The first-order valence-corrected chi connectivity index (χ1v) is 4.68. The van der Waals surface area contributed by atoms with Gasteiger partial charge in [-0.3, -0.25) is 9.59 Å². The van der Waals surface area contributed by atoms with Gasteiger partial charge in [-0.05, 0) is 6.92 Å². The Bertz CT molecular complexity index is 207. The van der Waals surface area contributed by atoms with E-state index in [4.69, 9.17) is 14.6 Å². The van der Waals surface area contributed by atoms with E-state index in [0.717, 1.165) is 0 Å². The molecule has 1 amide bonds. The molecule has 1 N–H and O–H groups in total. The molecule has 0 aliphatic rings. The fourth-order valence-corrected chi connectivity index (χ4v) is 0.933. The van der Waals surface area contributed by atoms with Gasteiger partial charge in [-0.15, -0.1) is 0 Å². The minimum atomic E-state index is -1.03. The van der Waals surface area contributed by atoms with Gasteiger partial charge >= 0.3 is 5.97 Å². The fourth-order valence-electron chi connectivity index (χ4n) is 0.933. The van der Waals surface area contributed by atoms with Gasteiger partial charge in [0.05, 0.1) is 13.2 Å². The smallest absolute Gasteiger partial charge is 0.323 e. The van der Waals surface area contributed by atoms with Crippen molar-refractivity contribution in [2.45, 2.75) is 6.92 Å². The van der Waals surface area contributed by atoms with Crippen molar-refractivity contribution in [1.29, 1.82) is 0 Å². The number of carbonyl (C=O) groups is 2. The van der Waals surface area contributed by atoms with E-state index in [9.17, 15) is 9.59 Å². The highest BCUT2D eigenvalue weighted by atomic mass is 16.5. The summed E-state index contributed by atoms with van der Waals surface area (Å²) in [6, 6.07) is 0. The molecule has 0 saturated carbocycles. The second-order valence-electron chi connectivity index (χ2n) is 2.85. The Morgan fingerprint density at radius 2 is 2.00 bits per heavy atom. The van der Waals surface area contributed by atoms with E-state index in [-0.39, 0.29) is 19.1 Å². The van der Waals surface area contributed by atoms with Crippen molar-refractivity contribution >= 4 is 11.9 Å². The number of carboxylic acid groups (broad SMARTS) is 1. The van der Waals surface area contributed by atoms with Gasteiger partial charge in [0.2, 0.25) is 5.91 Å². The molecule has 0 radical (unpaired) electrons. The highest BCUT2D eigenvalue weighted by Crippen LogP contribution is 1.91. The molecule has 0 saturated heterocycles. The zero-order valence-electron chi connectivity index (χ0n) is 9.06. The quantitative estimate of drug-likeness (QED) is 0.561. The molecule has 6 heteroatoms. The van der Waals surface area contributed by atoms with Gasteiger partial charge in [0, 0.05) is 13.7 Å². The number of methoxy groups -OCH3 is 1. The molecule has 0 atom stereocenters. The van der Waals surface area contributed by atoms with E-state index < -0.39 is 5.97 Å². The molecule has 0 aromatic rings. The third-order valence-electron chi connectivity index (χ3n) is 1.72. The predicted octanol–water partition coefficient (Wildman–Crippen LogP) is -0.417. The van der Waals surface area contributed by atoms with Gasteiger partial charge in [0.15, 0.2) is 0 Å². The molecule has 0 rings (SSSR count). The number of nitrogens with zero attached hydrogens (tertiary/aromatic N) is 1. The molecule has 0 aromatic heterocycles. The van der Waals surface area contributed by atoms with E-state index in [1.54, 1.807) is 6.92 Å². The molecule has 6 nitrogen and oxygen atoms in total. The van der Waals surface area contributed by atoms with Crippen molar-refractivity contribution in [2.75, 3.05) is 40.0 Å². The number of carboxylic acids is 1. The molecule has 0 bridgehead atoms. The molecular weight excluding hydrogens is 202 g/mol. The molecule has 0 fully saturated rings. The fraction of sp³-hybridized carbons (Fsp3) is 0.778. The summed E-state index contributed by atoms with van der Waals surface area (Å²) in [6.45, 7) is 2.42. The Kier molecular flexibility index (Phi) is 7.57. The van der Waals surface area contributed by atoms with E-state index in [1.165, 1.54) is 12.0 Å². The highest BCUT2D eigenvalue weighted by molar-refractivity contribution is 5.82. The molecular formula is C9H17NO5. The number of aliphatic carboxylic acids is 1. The van der Waals surface area contributed by atoms with Crippen LogP contribution >= 0.6 is 0 Å². The maximum atomic E-state index is 11.4. The Morgan fingerprint density at radius 1 is 1.33 bits per heavy atom. The Balaban J connectivity index is 3.78. The summed E-state index contributed by atoms with van der Waals surface area (Å²) in [4.78, 5) is 23.0. The number of hydrogen-bond acceptors (Lipinski definition) is 4. The lowest BCUT2D eigenvalue weighted by Gasteiger charge is -2.18.